The fourth-order valence-corrected chi connectivity index (χ4v) is 3.11. The van der Waals surface area contributed by atoms with Crippen molar-refractivity contribution in [2.24, 2.45) is 0 Å². The maximum atomic E-state index is 11.2. The van der Waals surface area contributed by atoms with Crippen LogP contribution in [0.3, 0.4) is 0 Å². The molecule has 1 aliphatic carbocycles. The Bertz CT molecular complexity index is 427. The molecule has 1 saturated carbocycles. The molecule has 4 nitrogen and oxygen atoms in total. The number of hydrogen-bond acceptors (Lipinski definition) is 4. The summed E-state index contributed by atoms with van der Waals surface area (Å²) in [5.74, 6) is -0.846. The molecule has 0 spiro atoms. The summed E-state index contributed by atoms with van der Waals surface area (Å²) in [6.07, 6.45) is 5.41. The molecule has 0 aromatic carbocycles. The van der Waals surface area contributed by atoms with Gasteiger partial charge >= 0.3 is 5.97 Å². The molecule has 100 valence electrons. The van der Waals surface area contributed by atoms with Crippen molar-refractivity contribution < 1.29 is 9.90 Å². The quantitative estimate of drug-likeness (QED) is 0.825. The summed E-state index contributed by atoms with van der Waals surface area (Å²) in [7, 11) is 0. The number of unbranched alkanes of at least 4 members (excludes halogenated alkanes) is 1. The van der Waals surface area contributed by atoms with E-state index in [2.05, 4.69) is 16.8 Å². The Kier molecular flexibility index (Phi) is 4.22. The summed E-state index contributed by atoms with van der Waals surface area (Å²) >= 11 is 1.33. The maximum absolute atomic E-state index is 11.2. The second-order valence-electron chi connectivity index (χ2n) is 4.71. The summed E-state index contributed by atoms with van der Waals surface area (Å²) in [6.45, 7) is 5.13. The number of carboxylic acid groups (broad SMARTS) is 1. The lowest BCUT2D eigenvalue weighted by Crippen LogP contribution is -2.26. The van der Waals surface area contributed by atoms with Gasteiger partial charge in [-0.2, -0.15) is 0 Å². The van der Waals surface area contributed by atoms with Crippen molar-refractivity contribution in [3.05, 3.63) is 10.6 Å². The number of anilines is 1. The average Bonchev–Trinajstić information content (AvgIpc) is 3.08. The molecule has 2 rings (SSSR count). The Labute approximate surface area is 112 Å². The van der Waals surface area contributed by atoms with Crippen LogP contribution in [-0.2, 0) is 6.42 Å². The molecule has 0 unspecified atom stereocenters. The first-order valence-electron chi connectivity index (χ1n) is 6.67. The van der Waals surface area contributed by atoms with Gasteiger partial charge in [0.05, 0.1) is 5.69 Å². The first-order chi connectivity index (χ1) is 8.67. The van der Waals surface area contributed by atoms with Gasteiger partial charge in [0.15, 0.2) is 5.13 Å². The summed E-state index contributed by atoms with van der Waals surface area (Å²) < 4.78 is 0. The molecule has 18 heavy (non-hydrogen) atoms. The van der Waals surface area contributed by atoms with Gasteiger partial charge in [0.25, 0.3) is 0 Å². The third-order valence-electron chi connectivity index (χ3n) is 3.20. The summed E-state index contributed by atoms with van der Waals surface area (Å²) in [6, 6.07) is 0.592. The third kappa shape index (κ3) is 2.83. The van der Waals surface area contributed by atoms with Gasteiger partial charge in [0.1, 0.15) is 4.88 Å². The highest BCUT2D eigenvalue weighted by Gasteiger charge is 2.31. The highest BCUT2D eigenvalue weighted by molar-refractivity contribution is 7.17. The normalized spacial score (nSPS) is 14.8. The number of hydrogen-bond donors (Lipinski definition) is 1. The number of aryl methyl sites for hydroxylation is 1. The molecule has 1 heterocycles. The lowest BCUT2D eigenvalue weighted by atomic mass is 10.3. The van der Waals surface area contributed by atoms with Gasteiger partial charge in [-0.25, -0.2) is 9.78 Å². The molecule has 0 bridgehead atoms. The van der Waals surface area contributed by atoms with E-state index < -0.39 is 5.97 Å². The van der Waals surface area contributed by atoms with E-state index in [1.165, 1.54) is 24.2 Å². The Morgan fingerprint density at radius 2 is 2.22 bits per heavy atom. The molecule has 0 amide bonds. The molecular weight excluding hydrogens is 248 g/mol. The van der Waals surface area contributed by atoms with Gasteiger partial charge in [0.2, 0.25) is 0 Å². The molecule has 0 aliphatic heterocycles. The van der Waals surface area contributed by atoms with Crippen LogP contribution in [0.5, 0.6) is 0 Å². The molecule has 0 saturated heterocycles. The highest BCUT2D eigenvalue weighted by Crippen LogP contribution is 2.35. The minimum atomic E-state index is -0.846. The van der Waals surface area contributed by atoms with Crippen molar-refractivity contribution in [1.82, 2.24) is 4.98 Å². The largest absolute Gasteiger partial charge is 0.477 e. The van der Waals surface area contributed by atoms with Crippen LogP contribution in [0.4, 0.5) is 5.13 Å². The lowest BCUT2D eigenvalue weighted by molar-refractivity contribution is 0.0701. The van der Waals surface area contributed by atoms with Crippen LogP contribution in [0.1, 0.15) is 54.9 Å². The Balaban J connectivity index is 2.21. The lowest BCUT2D eigenvalue weighted by Gasteiger charge is -2.20. The van der Waals surface area contributed by atoms with Gasteiger partial charge in [-0.3, -0.25) is 0 Å². The molecule has 1 fully saturated rings. The second-order valence-corrected chi connectivity index (χ2v) is 5.69. The highest BCUT2D eigenvalue weighted by atomic mass is 32.1. The molecule has 1 N–H and O–H groups in total. The molecule has 1 aromatic heterocycles. The topological polar surface area (TPSA) is 53.4 Å². The molecule has 1 aliphatic rings. The van der Waals surface area contributed by atoms with Crippen LogP contribution in [0, 0.1) is 0 Å². The maximum Gasteiger partial charge on any atom is 0.347 e. The van der Waals surface area contributed by atoms with Crippen molar-refractivity contribution in [3.8, 4) is 0 Å². The van der Waals surface area contributed by atoms with E-state index in [9.17, 15) is 9.90 Å². The molecule has 5 heteroatoms. The van der Waals surface area contributed by atoms with Gasteiger partial charge < -0.3 is 10.0 Å². The predicted molar refractivity (Wildman–Crippen MR) is 73.7 cm³/mol. The van der Waals surface area contributed by atoms with Crippen LogP contribution in [0.2, 0.25) is 0 Å². The van der Waals surface area contributed by atoms with Crippen molar-refractivity contribution in [3.63, 3.8) is 0 Å². The zero-order valence-electron chi connectivity index (χ0n) is 11.0. The summed E-state index contributed by atoms with van der Waals surface area (Å²) in [4.78, 5) is 18.4. The summed E-state index contributed by atoms with van der Waals surface area (Å²) in [5, 5.41) is 10.1. The van der Waals surface area contributed by atoms with Gasteiger partial charge in [-0.15, -0.1) is 0 Å². The molecule has 0 atom stereocenters. The van der Waals surface area contributed by atoms with E-state index >= 15 is 0 Å². The zero-order valence-corrected chi connectivity index (χ0v) is 11.8. The number of nitrogens with zero attached hydrogens (tertiary/aromatic N) is 2. The van der Waals surface area contributed by atoms with Crippen molar-refractivity contribution >= 4 is 22.4 Å². The second kappa shape index (κ2) is 5.69. The van der Waals surface area contributed by atoms with E-state index in [1.54, 1.807) is 0 Å². The van der Waals surface area contributed by atoms with Crippen LogP contribution in [0.15, 0.2) is 0 Å². The minimum absolute atomic E-state index is 0.412. The Hall–Kier alpha value is -1.10. The van der Waals surface area contributed by atoms with Crippen molar-refractivity contribution in [2.45, 2.75) is 52.0 Å². The van der Waals surface area contributed by atoms with Crippen LogP contribution >= 0.6 is 11.3 Å². The monoisotopic (exact) mass is 268 g/mol. The first kappa shape index (κ1) is 13.3. The predicted octanol–water partition coefficient (Wildman–Crippen LogP) is 3.17. The SMILES string of the molecule is CCCCN(c1nc(CC)c(C(=O)O)s1)C1CC1. The van der Waals surface area contributed by atoms with E-state index in [0.29, 0.717) is 17.3 Å². The van der Waals surface area contributed by atoms with Crippen LogP contribution in [-0.4, -0.2) is 28.6 Å². The number of aromatic nitrogens is 1. The number of thiazole rings is 1. The van der Waals surface area contributed by atoms with E-state index in [-0.39, 0.29) is 0 Å². The number of carbonyl (C=O) groups is 1. The average molecular weight is 268 g/mol. The van der Waals surface area contributed by atoms with Gasteiger partial charge in [0, 0.05) is 12.6 Å². The molecule has 0 radical (unpaired) electrons. The number of aromatic carboxylic acids is 1. The van der Waals surface area contributed by atoms with Gasteiger partial charge in [-0.05, 0) is 25.7 Å². The molecule has 1 aromatic rings. The van der Waals surface area contributed by atoms with Crippen molar-refractivity contribution in [2.75, 3.05) is 11.4 Å². The zero-order chi connectivity index (χ0) is 13.1. The smallest absolute Gasteiger partial charge is 0.347 e. The standard InChI is InChI=1S/C13H20N2O2S/c1-3-5-8-15(9-6-7-9)13-14-10(4-2)11(18-13)12(16)17/h9H,3-8H2,1-2H3,(H,16,17). The Morgan fingerprint density at radius 1 is 1.50 bits per heavy atom. The summed E-state index contributed by atoms with van der Waals surface area (Å²) in [5.41, 5.74) is 0.727. The number of carboxylic acids is 1. The number of rotatable bonds is 7. The van der Waals surface area contributed by atoms with Crippen LogP contribution < -0.4 is 4.90 Å². The van der Waals surface area contributed by atoms with E-state index in [4.69, 9.17) is 0 Å². The van der Waals surface area contributed by atoms with Crippen LogP contribution in [0.25, 0.3) is 0 Å². The molecular formula is C13H20N2O2S. The van der Waals surface area contributed by atoms with Gasteiger partial charge in [-0.1, -0.05) is 31.6 Å². The van der Waals surface area contributed by atoms with E-state index in [1.807, 2.05) is 6.92 Å². The minimum Gasteiger partial charge on any atom is -0.477 e. The van der Waals surface area contributed by atoms with Crippen molar-refractivity contribution in [1.29, 1.82) is 0 Å². The van der Waals surface area contributed by atoms with E-state index in [0.717, 1.165) is 30.2 Å². The third-order valence-corrected chi connectivity index (χ3v) is 4.32. The fourth-order valence-electron chi connectivity index (χ4n) is 2.02. The fraction of sp³-hybridized carbons (Fsp3) is 0.692. The Morgan fingerprint density at radius 3 is 2.67 bits per heavy atom. The first-order valence-corrected chi connectivity index (χ1v) is 7.48.